The van der Waals surface area contributed by atoms with Crippen molar-refractivity contribution >= 4 is 0 Å². The van der Waals surface area contributed by atoms with E-state index in [9.17, 15) is 0 Å². The zero-order valence-electron chi connectivity index (χ0n) is 7.82. The average molecular weight is 183 g/mol. The lowest BCUT2D eigenvalue weighted by Gasteiger charge is -1.98. The topological polar surface area (TPSA) is 36.9 Å². The third-order valence-electron chi connectivity index (χ3n) is 2.05. The van der Waals surface area contributed by atoms with E-state index in [1.165, 1.54) is 0 Å². The molecule has 0 N–H and O–H groups in total. The second-order valence-corrected chi connectivity index (χ2v) is 3.07. The van der Waals surface area contributed by atoms with E-state index in [0.717, 1.165) is 17.1 Å². The Morgan fingerprint density at radius 1 is 1.14 bits per heavy atom. The van der Waals surface area contributed by atoms with Crippen molar-refractivity contribution in [3.05, 3.63) is 47.7 Å². The van der Waals surface area contributed by atoms with Crippen LogP contribution in [0.1, 0.15) is 11.3 Å². The van der Waals surface area contributed by atoms with E-state index in [-0.39, 0.29) is 0 Å². The number of nitrogens with zero attached hydrogens (tertiary/aromatic N) is 1. The van der Waals surface area contributed by atoms with Crippen LogP contribution in [-0.4, -0.2) is 0 Å². The Bertz CT molecular complexity index is 491. The van der Waals surface area contributed by atoms with Gasteiger partial charge in [0.25, 0.3) is 0 Å². The Balaban J connectivity index is 2.57. The second-order valence-electron chi connectivity index (χ2n) is 3.07. The average Bonchev–Trinajstić information content (AvgIpc) is 2.65. The van der Waals surface area contributed by atoms with Gasteiger partial charge in [-0.15, -0.1) is 0 Å². The maximum absolute atomic E-state index is 8.89. The zero-order chi connectivity index (χ0) is 9.97. The summed E-state index contributed by atoms with van der Waals surface area (Å²) in [5.74, 6) is 1.60. The molecule has 2 nitrogen and oxygen atoms in total. The van der Waals surface area contributed by atoms with E-state index in [1.807, 2.05) is 37.3 Å². The summed E-state index contributed by atoms with van der Waals surface area (Å²) in [5, 5.41) is 8.89. The van der Waals surface area contributed by atoms with Crippen LogP contribution in [0.2, 0.25) is 0 Å². The van der Waals surface area contributed by atoms with Crippen molar-refractivity contribution < 1.29 is 4.42 Å². The molecular weight excluding hydrogens is 174 g/mol. The van der Waals surface area contributed by atoms with E-state index in [4.69, 9.17) is 9.68 Å². The molecule has 1 aromatic carbocycles. The number of furan rings is 1. The molecule has 68 valence electrons. The summed E-state index contributed by atoms with van der Waals surface area (Å²) in [5.41, 5.74) is 1.49. The van der Waals surface area contributed by atoms with Crippen LogP contribution in [0.5, 0.6) is 0 Å². The summed E-state index contributed by atoms with van der Waals surface area (Å²) in [7, 11) is 0. The monoisotopic (exact) mass is 183 g/mol. The van der Waals surface area contributed by atoms with E-state index < -0.39 is 0 Å². The molecule has 0 radical (unpaired) electrons. The van der Waals surface area contributed by atoms with Gasteiger partial charge in [0.15, 0.2) is 0 Å². The smallest absolute Gasteiger partial charge is 0.135 e. The molecule has 1 heterocycles. The first-order valence-corrected chi connectivity index (χ1v) is 4.37. The predicted molar refractivity (Wildman–Crippen MR) is 53.6 cm³/mol. The van der Waals surface area contributed by atoms with Crippen LogP contribution in [-0.2, 0) is 0 Å². The van der Waals surface area contributed by atoms with Gasteiger partial charge in [-0.3, -0.25) is 0 Å². The number of hydrogen-bond acceptors (Lipinski definition) is 2. The highest BCUT2D eigenvalue weighted by Gasteiger charge is 2.06. The number of aryl methyl sites for hydroxylation is 1. The Kier molecular flexibility index (Phi) is 2.08. The maximum atomic E-state index is 8.89. The number of nitriles is 1. The molecular formula is C12H9NO. The van der Waals surface area contributed by atoms with Crippen molar-refractivity contribution in [2.45, 2.75) is 6.92 Å². The Labute approximate surface area is 82.4 Å². The molecule has 0 bridgehead atoms. The Morgan fingerprint density at radius 3 is 2.57 bits per heavy atom. The number of benzene rings is 1. The summed E-state index contributed by atoms with van der Waals surface area (Å²) >= 11 is 0. The minimum Gasteiger partial charge on any atom is -0.461 e. The first-order valence-electron chi connectivity index (χ1n) is 4.37. The highest BCUT2D eigenvalue weighted by Crippen LogP contribution is 2.24. The van der Waals surface area contributed by atoms with Crippen LogP contribution in [0.15, 0.2) is 40.8 Å². The van der Waals surface area contributed by atoms with Crippen molar-refractivity contribution in [3.8, 4) is 17.4 Å². The highest BCUT2D eigenvalue weighted by molar-refractivity contribution is 5.65. The normalized spacial score (nSPS) is 9.71. The molecule has 2 aromatic rings. The fourth-order valence-corrected chi connectivity index (χ4v) is 1.37. The van der Waals surface area contributed by atoms with Gasteiger partial charge in [0.05, 0.1) is 11.6 Å². The van der Waals surface area contributed by atoms with Gasteiger partial charge in [0, 0.05) is 5.56 Å². The molecule has 0 fully saturated rings. The molecule has 0 aliphatic heterocycles. The molecule has 2 heteroatoms. The molecule has 14 heavy (non-hydrogen) atoms. The molecule has 0 saturated carbocycles. The first-order chi connectivity index (χ1) is 6.81. The maximum Gasteiger partial charge on any atom is 0.135 e. The van der Waals surface area contributed by atoms with Gasteiger partial charge in [0.2, 0.25) is 0 Å². The van der Waals surface area contributed by atoms with Gasteiger partial charge in [-0.1, -0.05) is 12.1 Å². The van der Waals surface area contributed by atoms with Crippen molar-refractivity contribution in [3.63, 3.8) is 0 Å². The third kappa shape index (κ3) is 1.40. The zero-order valence-corrected chi connectivity index (χ0v) is 7.82. The molecule has 0 aliphatic rings. The molecule has 0 atom stereocenters. The first kappa shape index (κ1) is 8.58. The number of hydrogen-bond donors (Lipinski definition) is 0. The summed E-state index contributed by atoms with van der Waals surface area (Å²) in [6, 6.07) is 13.3. The highest BCUT2D eigenvalue weighted by atomic mass is 16.3. The van der Waals surface area contributed by atoms with Crippen LogP contribution >= 0.6 is 0 Å². The fourth-order valence-electron chi connectivity index (χ4n) is 1.37. The standard InChI is InChI=1S/C12H9NO/c1-9-6-7-12(14-9)11-5-3-2-4-10(11)8-13/h2-7H,1H3. The van der Waals surface area contributed by atoms with Crippen LogP contribution in [0.25, 0.3) is 11.3 Å². The fraction of sp³-hybridized carbons (Fsp3) is 0.0833. The van der Waals surface area contributed by atoms with E-state index >= 15 is 0 Å². The van der Waals surface area contributed by atoms with Gasteiger partial charge >= 0.3 is 0 Å². The summed E-state index contributed by atoms with van der Waals surface area (Å²) in [4.78, 5) is 0. The summed E-state index contributed by atoms with van der Waals surface area (Å²) in [6.45, 7) is 1.89. The van der Waals surface area contributed by atoms with Crippen LogP contribution in [0.3, 0.4) is 0 Å². The lowest BCUT2D eigenvalue weighted by Crippen LogP contribution is -1.80. The number of rotatable bonds is 1. The van der Waals surface area contributed by atoms with Crippen molar-refractivity contribution in [1.29, 1.82) is 5.26 Å². The van der Waals surface area contributed by atoms with Crippen LogP contribution in [0, 0.1) is 18.3 Å². The largest absolute Gasteiger partial charge is 0.461 e. The minimum atomic E-state index is 0.641. The molecule has 0 aliphatic carbocycles. The summed E-state index contributed by atoms with van der Waals surface area (Å²) < 4.78 is 5.46. The molecule has 0 saturated heterocycles. The van der Waals surface area contributed by atoms with Crippen molar-refractivity contribution in [2.24, 2.45) is 0 Å². The quantitative estimate of drug-likeness (QED) is 0.681. The van der Waals surface area contributed by atoms with Crippen LogP contribution in [0.4, 0.5) is 0 Å². The van der Waals surface area contributed by atoms with Gasteiger partial charge in [-0.25, -0.2) is 0 Å². The molecule has 0 spiro atoms. The van der Waals surface area contributed by atoms with Gasteiger partial charge < -0.3 is 4.42 Å². The SMILES string of the molecule is Cc1ccc(-c2ccccc2C#N)o1. The summed E-state index contributed by atoms with van der Waals surface area (Å²) in [6.07, 6.45) is 0. The molecule has 0 unspecified atom stereocenters. The van der Waals surface area contributed by atoms with Crippen molar-refractivity contribution in [2.75, 3.05) is 0 Å². The molecule has 2 rings (SSSR count). The lowest BCUT2D eigenvalue weighted by atomic mass is 10.1. The van der Waals surface area contributed by atoms with Gasteiger partial charge in [-0.05, 0) is 31.2 Å². The van der Waals surface area contributed by atoms with Crippen molar-refractivity contribution in [1.82, 2.24) is 0 Å². The Morgan fingerprint density at radius 2 is 1.93 bits per heavy atom. The van der Waals surface area contributed by atoms with Gasteiger partial charge in [-0.2, -0.15) is 5.26 Å². The third-order valence-corrected chi connectivity index (χ3v) is 2.05. The van der Waals surface area contributed by atoms with Gasteiger partial charge in [0.1, 0.15) is 11.5 Å². The van der Waals surface area contributed by atoms with E-state index in [1.54, 1.807) is 6.07 Å². The minimum absolute atomic E-state index is 0.641. The second kappa shape index (κ2) is 3.39. The Hall–Kier alpha value is -2.01. The van der Waals surface area contributed by atoms with E-state index in [0.29, 0.717) is 5.56 Å². The van der Waals surface area contributed by atoms with E-state index in [2.05, 4.69) is 6.07 Å². The molecule has 1 aromatic heterocycles. The van der Waals surface area contributed by atoms with Crippen LogP contribution < -0.4 is 0 Å². The predicted octanol–water partition coefficient (Wildman–Crippen LogP) is 3.13. The lowest BCUT2D eigenvalue weighted by molar-refractivity contribution is 0.548. The molecule has 0 amide bonds.